The molecule has 0 fully saturated rings. The Bertz CT molecular complexity index is 870. The molecule has 0 spiro atoms. The van der Waals surface area contributed by atoms with Crippen molar-refractivity contribution in [2.45, 2.75) is 13.5 Å². The first-order valence-corrected chi connectivity index (χ1v) is 7.16. The number of fused-ring (bicyclic) bond motifs is 1. The quantitative estimate of drug-likeness (QED) is 0.741. The van der Waals surface area contributed by atoms with Crippen LogP contribution < -0.4 is 4.74 Å². The fraction of sp³-hybridized carbons (Fsp3) is 0.167. The molecule has 118 valence electrons. The minimum Gasteiger partial charge on any atom is -0.494 e. The summed E-state index contributed by atoms with van der Waals surface area (Å²) in [6, 6.07) is 12.1. The number of aromatic nitrogens is 1. The normalized spacial score (nSPS) is 10.7. The van der Waals surface area contributed by atoms with Gasteiger partial charge in [0.15, 0.2) is 11.6 Å². The minimum atomic E-state index is -0.484. The lowest BCUT2D eigenvalue weighted by Crippen LogP contribution is -2.05. The second kappa shape index (κ2) is 6.12. The summed E-state index contributed by atoms with van der Waals surface area (Å²) in [5, 5.41) is 0.951. The summed E-state index contributed by atoms with van der Waals surface area (Å²) in [4.78, 5) is 15.1. The number of esters is 1. The number of benzene rings is 2. The van der Waals surface area contributed by atoms with Crippen LogP contribution in [0.1, 0.15) is 21.6 Å². The van der Waals surface area contributed by atoms with Crippen LogP contribution in [0, 0.1) is 12.7 Å². The minimum absolute atomic E-state index is 0.00581. The second-order valence-corrected chi connectivity index (χ2v) is 5.32. The number of hydrogen-bond donors (Lipinski definition) is 1. The first kappa shape index (κ1) is 15.1. The summed E-state index contributed by atoms with van der Waals surface area (Å²) in [6.45, 7) is 1.98. The molecule has 4 nitrogen and oxygen atoms in total. The number of carbonyl (C=O) groups excluding carboxylic acids is 1. The highest BCUT2D eigenvalue weighted by Gasteiger charge is 2.12. The van der Waals surface area contributed by atoms with E-state index in [1.165, 1.54) is 19.2 Å². The van der Waals surface area contributed by atoms with E-state index in [1.807, 2.05) is 25.1 Å². The Labute approximate surface area is 132 Å². The molecule has 0 radical (unpaired) electrons. The summed E-state index contributed by atoms with van der Waals surface area (Å²) in [6.07, 6.45) is 0. The van der Waals surface area contributed by atoms with Crippen LogP contribution in [0.15, 0.2) is 42.5 Å². The fourth-order valence-corrected chi connectivity index (χ4v) is 2.39. The number of rotatable bonds is 4. The molecule has 0 bridgehead atoms. The van der Waals surface area contributed by atoms with Gasteiger partial charge in [-0.15, -0.1) is 0 Å². The van der Waals surface area contributed by atoms with Crippen LogP contribution >= 0.6 is 0 Å². The third-order valence-electron chi connectivity index (χ3n) is 3.58. The van der Waals surface area contributed by atoms with E-state index >= 15 is 0 Å². The summed E-state index contributed by atoms with van der Waals surface area (Å²) < 4.78 is 23.7. The molecule has 0 unspecified atom stereocenters. The highest BCUT2D eigenvalue weighted by atomic mass is 19.1. The molecule has 3 rings (SSSR count). The number of aryl methyl sites for hydroxylation is 1. The van der Waals surface area contributed by atoms with Gasteiger partial charge in [0.25, 0.3) is 0 Å². The van der Waals surface area contributed by atoms with Gasteiger partial charge in [0, 0.05) is 10.9 Å². The Balaban J connectivity index is 1.72. The molecule has 2 aromatic carbocycles. The molecule has 1 heterocycles. The van der Waals surface area contributed by atoms with Crippen molar-refractivity contribution in [1.82, 2.24) is 4.98 Å². The van der Waals surface area contributed by atoms with Crippen molar-refractivity contribution in [3.05, 3.63) is 65.1 Å². The Morgan fingerprint density at radius 3 is 2.74 bits per heavy atom. The maximum Gasteiger partial charge on any atom is 0.355 e. The Hall–Kier alpha value is -2.82. The average Bonchev–Trinajstić information content (AvgIpc) is 2.95. The number of hydrogen-bond acceptors (Lipinski definition) is 3. The van der Waals surface area contributed by atoms with Crippen LogP contribution in [0.2, 0.25) is 0 Å². The number of carbonyl (C=O) groups is 1. The van der Waals surface area contributed by atoms with Crippen LogP contribution in [0.25, 0.3) is 10.9 Å². The topological polar surface area (TPSA) is 51.3 Å². The van der Waals surface area contributed by atoms with E-state index in [0.717, 1.165) is 16.5 Å². The second-order valence-electron chi connectivity index (χ2n) is 5.32. The zero-order valence-electron chi connectivity index (χ0n) is 12.9. The Morgan fingerprint density at radius 1 is 1.17 bits per heavy atom. The largest absolute Gasteiger partial charge is 0.494 e. The van der Waals surface area contributed by atoms with Gasteiger partial charge in [-0.05, 0) is 42.8 Å². The average molecular weight is 313 g/mol. The van der Waals surface area contributed by atoms with Gasteiger partial charge in [0.1, 0.15) is 12.3 Å². The zero-order chi connectivity index (χ0) is 16.4. The molecule has 0 saturated carbocycles. The lowest BCUT2D eigenvalue weighted by Gasteiger charge is -2.06. The van der Waals surface area contributed by atoms with Crippen molar-refractivity contribution in [2.75, 3.05) is 7.11 Å². The Morgan fingerprint density at radius 2 is 2.00 bits per heavy atom. The van der Waals surface area contributed by atoms with E-state index < -0.39 is 11.8 Å². The predicted molar refractivity (Wildman–Crippen MR) is 85.1 cm³/mol. The van der Waals surface area contributed by atoms with E-state index in [-0.39, 0.29) is 12.4 Å². The van der Waals surface area contributed by atoms with E-state index in [0.29, 0.717) is 11.3 Å². The van der Waals surface area contributed by atoms with Gasteiger partial charge >= 0.3 is 5.97 Å². The maximum atomic E-state index is 13.6. The maximum absolute atomic E-state index is 13.6. The highest BCUT2D eigenvalue weighted by Crippen LogP contribution is 2.20. The van der Waals surface area contributed by atoms with Gasteiger partial charge in [-0.1, -0.05) is 17.7 Å². The number of halogens is 1. The highest BCUT2D eigenvalue weighted by molar-refractivity contribution is 5.94. The lowest BCUT2D eigenvalue weighted by atomic mass is 10.2. The van der Waals surface area contributed by atoms with E-state index in [9.17, 15) is 9.18 Å². The first-order chi connectivity index (χ1) is 11.1. The van der Waals surface area contributed by atoms with Gasteiger partial charge in [0.2, 0.25) is 0 Å². The third-order valence-corrected chi connectivity index (χ3v) is 3.58. The number of ether oxygens (including phenoxy) is 2. The smallest absolute Gasteiger partial charge is 0.355 e. The molecule has 23 heavy (non-hydrogen) atoms. The first-order valence-electron chi connectivity index (χ1n) is 7.16. The molecule has 0 atom stereocenters. The molecule has 0 saturated heterocycles. The van der Waals surface area contributed by atoms with Gasteiger partial charge in [0.05, 0.1) is 7.11 Å². The molecule has 1 N–H and O–H groups in total. The van der Waals surface area contributed by atoms with Crippen LogP contribution in [0.4, 0.5) is 4.39 Å². The van der Waals surface area contributed by atoms with Crippen LogP contribution in [-0.2, 0) is 11.3 Å². The summed E-state index contributed by atoms with van der Waals surface area (Å²) in [5.41, 5.74) is 2.92. The molecule has 0 aliphatic carbocycles. The van der Waals surface area contributed by atoms with Gasteiger partial charge in [-0.2, -0.15) is 0 Å². The summed E-state index contributed by atoms with van der Waals surface area (Å²) in [7, 11) is 1.40. The van der Waals surface area contributed by atoms with Gasteiger partial charge < -0.3 is 14.5 Å². The summed E-state index contributed by atoms with van der Waals surface area (Å²) in [5.74, 6) is -0.803. The fourth-order valence-electron chi connectivity index (χ4n) is 2.39. The van der Waals surface area contributed by atoms with Crippen LogP contribution in [0.3, 0.4) is 0 Å². The molecule has 0 amide bonds. The van der Waals surface area contributed by atoms with Crippen molar-refractivity contribution < 1.29 is 18.7 Å². The van der Waals surface area contributed by atoms with Gasteiger partial charge in [-0.3, -0.25) is 0 Å². The molecule has 3 aromatic rings. The number of aromatic amines is 1. The van der Waals surface area contributed by atoms with E-state index in [4.69, 9.17) is 9.47 Å². The third kappa shape index (κ3) is 3.18. The zero-order valence-corrected chi connectivity index (χ0v) is 12.9. The molecule has 0 aliphatic heterocycles. The molecule has 1 aromatic heterocycles. The monoisotopic (exact) mass is 313 g/mol. The van der Waals surface area contributed by atoms with Crippen LogP contribution in [-0.4, -0.2) is 18.1 Å². The Kier molecular flexibility index (Phi) is 4.02. The van der Waals surface area contributed by atoms with Crippen molar-refractivity contribution in [3.8, 4) is 5.75 Å². The van der Waals surface area contributed by atoms with Crippen molar-refractivity contribution in [1.29, 1.82) is 0 Å². The molecule has 0 aliphatic rings. The standard InChI is InChI=1S/C18H16FNO3/c1-11-3-5-15-13(7-11)9-16(20-15)18(21)23-10-12-4-6-17(22-2)14(19)8-12/h3-9,20H,10H2,1-2H3. The van der Waals surface area contributed by atoms with Crippen molar-refractivity contribution >= 4 is 16.9 Å². The molecular formula is C18H16FNO3. The van der Waals surface area contributed by atoms with Crippen molar-refractivity contribution in [3.63, 3.8) is 0 Å². The number of methoxy groups -OCH3 is 1. The number of nitrogens with one attached hydrogen (secondary N) is 1. The van der Waals surface area contributed by atoms with Crippen LogP contribution in [0.5, 0.6) is 5.75 Å². The summed E-state index contributed by atoms with van der Waals surface area (Å²) >= 11 is 0. The number of H-pyrrole nitrogens is 1. The predicted octanol–water partition coefficient (Wildman–Crippen LogP) is 3.98. The lowest BCUT2D eigenvalue weighted by molar-refractivity contribution is 0.0466. The SMILES string of the molecule is COc1ccc(COC(=O)c2cc3cc(C)ccc3[nH]2)cc1F. The van der Waals surface area contributed by atoms with Crippen molar-refractivity contribution in [2.24, 2.45) is 0 Å². The van der Waals surface area contributed by atoms with Gasteiger partial charge in [-0.25, -0.2) is 9.18 Å². The van der Waals surface area contributed by atoms with E-state index in [1.54, 1.807) is 12.1 Å². The molecule has 5 heteroatoms. The van der Waals surface area contributed by atoms with E-state index in [2.05, 4.69) is 4.98 Å². The molecular weight excluding hydrogens is 297 g/mol.